The van der Waals surface area contributed by atoms with Crippen molar-refractivity contribution in [1.82, 2.24) is 40.4 Å². The maximum atomic E-state index is 13.9. The van der Waals surface area contributed by atoms with E-state index in [2.05, 4.69) is 44.9 Å². The first kappa shape index (κ1) is 39.2. The van der Waals surface area contributed by atoms with Gasteiger partial charge in [0, 0.05) is 23.0 Å². The molecule has 15 heteroatoms. The Balaban J connectivity index is 1.01. The number of carbonyl (C=O) groups is 4. The Bertz CT molecular complexity index is 2390. The topological polar surface area (TPSA) is 175 Å². The molecule has 3 saturated heterocycles. The number of ether oxygens (including phenoxy) is 2. The van der Waals surface area contributed by atoms with E-state index in [1.165, 1.54) is 14.2 Å². The minimum absolute atomic E-state index is 0.0128. The molecule has 5 heterocycles. The van der Waals surface area contributed by atoms with Crippen molar-refractivity contribution in [3.05, 3.63) is 71.4 Å². The summed E-state index contributed by atoms with van der Waals surface area (Å²) in [5, 5.41) is 7.88. The summed E-state index contributed by atoms with van der Waals surface area (Å²) in [5.41, 5.74) is 5.23. The molecule has 0 spiro atoms. The highest BCUT2D eigenvalue weighted by Gasteiger charge is 2.48. The van der Waals surface area contributed by atoms with Crippen LogP contribution in [-0.2, 0) is 19.1 Å². The zero-order valence-corrected chi connectivity index (χ0v) is 34.2. The molecule has 3 fully saturated rings. The lowest BCUT2D eigenvalue weighted by atomic mass is 9.88. The predicted octanol–water partition coefficient (Wildman–Crippen LogP) is 7.66. The third kappa shape index (κ3) is 7.01. The lowest BCUT2D eigenvalue weighted by Gasteiger charge is -2.41. The molecule has 8 rings (SSSR count). The number of amides is 4. The molecule has 3 aromatic carbocycles. The number of hydrogen-bond donors (Lipinski definition) is 4. The van der Waals surface area contributed by atoms with Crippen molar-refractivity contribution in [2.75, 3.05) is 14.2 Å². The molecule has 0 aliphatic carbocycles. The number of rotatable bonds is 8. The Morgan fingerprint density at radius 1 is 0.845 bits per heavy atom. The largest absolute Gasteiger partial charge is 0.453 e. The summed E-state index contributed by atoms with van der Waals surface area (Å²) in [7, 11) is 2.58. The van der Waals surface area contributed by atoms with Gasteiger partial charge in [-0.15, -0.1) is 0 Å². The fraction of sp³-hybridized carbons (Fsp3) is 0.442. The van der Waals surface area contributed by atoms with Crippen LogP contribution in [0.25, 0.3) is 44.2 Å². The molecular formula is C43H49ClN8O6. The predicted molar refractivity (Wildman–Crippen MR) is 220 cm³/mol. The van der Waals surface area contributed by atoms with Gasteiger partial charge in [0.05, 0.1) is 37.3 Å². The van der Waals surface area contributed by atoms with Gasteiger partial charge in [-0.1, -0.05) is 74.8 Å². The average Bonchev–Trinajstić information content (AvgIpc) is 4.02. The van der Waals surface area contributed by atoms with E-state index in [1.54, 1.807) is 0 Å². The zero-order valence-electron chi connectivity index (χ0n) is 33.5. The summed E-state index contributed by atoms with van der Waals surface area (Å²) in [6, 6.07) is 16.6. The van der Waals surface area contributed by atoms with Crippen molar-refractivity contribution in [3.63, 3.8) is 0 Å². The monoisotopic (exact) mass is 808 g/mol. The number of alkyl carbamates (subject to hydrolysis) is 2. The summed E-state index contributed by atoms with van der Waals surface area (Å²) >= 11 is 6.76. The number of aromatic nitrogens is 4. The third-order valence-electron chi connectivity index (χ3n) is 12.3. The molecule has 2 aromatic heterocycles. The standard InChI is InChI=1S/C43H49ClN8O6/c1-21(2)33(48-42(55)57-5)40(53)51-23(4)7-17-31(51)38-45-30-16-13-27-20-26(12-15-29(27)36(30)47-38)24-8-10-25(11-9-24)35-37(44)50-39(46-35)32-18-14-28-19-22(3)34(41(54)52(28)32)49-43(56)58-6/h8-13,15-16,20-23,28,31-34H,7,14,17-19H2,1-6H3,(H,45,47)(H,46,50)(H,48,55)(H,49,56). The summed E-state index contributed by atoms with van der Waals surface area (Å²) in [6.45, 7) is 7.83. The molecule has 14 nitrogen and oxygen atoms in total. The van der Waals surface area contributed by atoms with Gasteiger partial charge in [0.1, 0.15) is 34.6 Å². The molecule has 0 radical (unpaired) electrons. The Morgan fingerprint density at radius 3 is 2.26 bits per heavy atom. The molecule has 5 aromatic rings. The van der Waals surface area contributed by atoms with Crippen LogP contribution in [0.4, 0.5) is 9.59 Å². The van der Waals surface area contributed by atoms with E-state index in [4.69, 9.17) is 31.0 Å². The Labute approximate surface area is 341 Å². The van der Waals surface area contributed by atoms with Gasteiger partial charge in [0.2, 0.25) is 11.8 Å². The van der Waals surface area contributed by atoms with Crippen molar-refractivity contribution in [2.24, 2.45) is 11.8 Å². The Hall–Kier alpha value is -5.63. The number of fused-ring (bicyclic) bond motifs is 4. The number of piperidine rings is 1. The Morgan fingerprint density at radius 2 is 1.53 bits per heavy atom. The molecule has 7 unspecified atom stereocenters. The minimum atomic E-state index is -0.717. The maximum Gasteiger partial charge on any atom is 0.407 e. The van der Waals surface area contributed by atoms with Crippen molar-refractivity contribution in [3.8, 4) is 22.4 Å². The van der Waals surface area contributed by atoms with Gasteiger partial charge in [0.25, 0.3) is 0 Å². The lowest BCUT2D eigenvalue weighted by Crippen LogP contribution is -2.58. The first-order chi connectivity index (χ1) is 27.9. The third-order valence-corrected chi connectivity index (χ3v) is 12.6. The quantitative estimate of drug-likeness (QED) is 0.124. The number of nitrogens with zero attached hydrogens (tertiary/aromatic N) is 4. The zero-order chi connectivity index (χ0) is 41.0. The normalized spacial score (nSPS) is 23.7. The van der Waals surface area contributed by atoms with Crippen LogP contribution < -0.4 is 10.6 Å². The number of methoxy groups -OCH3 is 2. The number of hydrogen-bond acceptors (Lipinski definition) is 8. The second-order valence-corrected chi connectivity index (χ2v) is 16.6. The summed E-state index contributed by atoms with van der Waals surface area (Å²) in [5.74, 6) is 0.937. The van der Waals surface area contributed by atoms with Gasteiger partial charge in [-0.25, -0.2) is 19.6 Å². The van der Waals surface area contributed by atoms with Crippen LogP contribution in [-0.4, -0.2) is 92.1 Å². The fourth-order valence-corrected chi connectivity index (χ4v) is 9.50. The van der Waals surface area contributed by atoms with Crippen LogP contribution in [0.2, 0.25) is 5.15 Å². The molecule has 4 N–H and O–H groups in total. The van der Waals surface area contributed by atoms with Crippen LogP contribution in [0, 0.1) is 11.8 Å². The van der Waals surface area contributed by atoms with E-state index < -0.39 is 24.3 Å². The molecule has 3 aliphatic rings. The second-order valence-electron chi connectivity index (χ2n) is 16.2. The maximum absolute atomic E-state index is 13.9. The van der Waals surface area contributed by atoms with Gasteiger partial charge < -0.3 is 39.9 Å². The molecule has 58 heavy (non-hydrogen) atoms. The number of halogens is 1. The van der Waals surface area contributed by atoms with E-state index >= 15 is 0 Å². The molecule has 0 bridgehead atoms. The van der Waals surface area contributed by atoms with Gasteiger partial charge in [-0.05, 0) is 79.5 Å². The molecular weight excluding hydrogens is 760 g/mol. The SMILES string of the molecule is COC(=O)NC(C(=O)N1C(C)CCC1c1nc2c(ccc3cc(-c4ccc(-c5nc(C6CCC7CC(C)C(NC(=O)OC)C(=O)N76)[nH]c5Cl)cc4)ccc32)[nH]1)C(C)C. The van der Waals surface area contributed by atoms with Crippen molar-refractivity contribution in [2.45, 2.75) is 96.1 Å². The molecule has 7 atom stereocenters. The average molecular weight is 809 g/mol. The van der Waals surface area contributed by atoms with Crippen LogP contribution in [0.15, 0.2) is 54.6 Å². The highest BCUT2D eigenvalue weighted by atomic mass is 35.5. The number of benzene rings is 3. The van der Waals surface area contributed by atoms with Gasteiger partial charge >= 0.3 is 12.2 Å². The van der Waals surface area contributed by atoms with Gasteiger partial charge in [0.15, 0.2) is 0 Å². The van der Waals surface area contributed by atoms with E-state index in [1.807, 2.05) is 67.8 Å². The number of likely N-dealkylation sites (tertiary alicyclic amines) is 1. The minimum Gasteiger partial charge on any atom is -0.453 e. The summed E-state index contributed by atoms with van der Waals surface area (Å²) in [4.78, 5) is 72.1. The fourth-order valence-electron chi connectivity index (χ4n) is 9.26. The van der Waals surface area contributed by atoms with Crippen molar-refractivity contribution < 1.29 is 28.7 Å². The molecule has 0 saturated carbocycles. The van der Waals surface area contributed by atoms with E-state index in [0.717, 1.165) is 76.4 Å². The number of carbonyl (C=O) groups excluding carboxylic acids is 4. The van der Waals surface area contributed by atoms with Crippen LogP contribution in [0.5, 0.6) is 0 Å². The molecule has 4 amide bonds. The first-order valence-electron chi connectivity index (χ1n) is 20.0. The van der Waals surface area contributed by atoms with Gasteiger partial charge in [-0.2, -0.15) is 0 Å². The smallest absolute Gasteiger partial charge is 0.407 e. The number of nitrogens with one attached hydrogen (secondary N) is 4. The summed E-state index contributed by atoms with van der Waals surface area (Å²) in [6.07, 6.45) is 2.71. The highest BCUT2D eigenvalue weighted by Crippen LogP contribution is 2.43. The van der Waals surface area contributed by atoms with E-state index in [0.29, 0.717) is 16.7 Å². The highest BCUT2D eigenvalue weighted by molar-refractivity contribution is 6.32. The van der Waals surface area contributed by atoms with E-state index in [9.17, 15) is 19.2 Å². The number of imidazole rings is 2. The van der Waals surface area contributed by atoms with Crippen molar-refractivity contribution in [1.29, 1.82) is 0 Å². The van der Waals surface area contributed by atoms with Gasteiger partial charge in [-0.3, -0.25) is 9.59 Å². The van der Waals surface area contributed by atoms with E-state index in [-0.39, 0.29) is 47.8 Å². The van der Waals surface area contributed by atoms with Crippen LogP contribution >= 0.6 is 11.6 Å². The number of aromatic amines is 2. The summed E-state index contributed by atoms with van der Waals surface area (Å²) < 4.78 is 9.59. The van der Waals surface area contributed by atoms with Crippen LogP contribution in [0.1, 0.15) is 83.5 Å². The molecule has 3 aliphatic heterocycles. The van der Waals surface area contributed by atoms with Crippen LogP contribution in [0.3, 0.4) is 0 Å². The number of H-pyrrole nitrogens is 2. The second kappa shape index (κ2) is 15.6. The lowest BCUT2D eigenvalue weighted by molar-refractivity contribution is -0.142. The molecule has 304 valence electrons. The first-order valence-corrected chi connectivity index (χ1v) is 20.4. The van der Waals surface area contributed by atoms with Crippen molar-refractivity contribution >= 4 is 57.4 Å². The Kier molecular flexibility index (Phi) is 10.6.